The van der Waals surface area contributed by atoms with Crippen LogP contribution in [0.4, 0.5) is 0 Å². The van der Waals surface area contributed by atoms with E-state index >= 15 is 0 Å². The van der Waals surface area contributed by atoms with E-state index in [-0.39, 0.29) is 35.6 Å². The molecule has 0 heterocycles. The zero-order valence-electron chi connectivity index (χ0n) is 33.5. The van der Waals surface area contributed by atoms with E-state index in [4.69, 9.17) is 15.8 Å². The van der Waals surface area contributed by atoms with Gasteiger partial charge in [-0.05, 0) is 0 Å². The minimum atomic E-state index is -4.98. The summed E-state index contributed by atoms with van der Waals surface area (Å²) in [5.74, 6) is 0. The van der Waals surface area contributed by atoms with Crippen molar-refractivity contribution in [2.24, 2.45) is 0 Å². The number of hydrogen-bond acceptors (Lipinski definition) is 0. The zero-order valence-corrected chi connectivity index (χ0v) is 38.3. The molecule has 2 aliphatic rings. The van der Waals surface area contributed by atoms with E-state index in [1.54, 1.807) is 0 Å². The summed E-state index contributed by atoms with van der Waals surface area (Å²) in [6.45, 7) is 14.2. The average Bonchev–Trinajstić information content (AvgIpc) is 3.84. The van der Waals surface area contributed by atoms with E-state index in [1.807, 2.05) is 0 Å². The van der Waals surface area contributed by atoms with Crippen molar-refractivity contribution in [3.8, 4) is 33.4 Å². The third-order valence-electron chi connectivity index (χ3n) is 12.2. The number of rotatable bonds is 7. The molecule has 2 aliphatic carbocycles. The summed E-state index contributed by atoms with van der Waals surface area (Å²) in [5, 5.41) is 0.763. The maximum atomic E-state index is 6.57. The Hall–Kier alpha value is -3.58. The van der Waals surface area contributed by atoms with Crippen molar-refractivity contribution in [1.29, 1.82) is 0 Å². The first kappa shape index (κ1) is 42.0. The first-order chi connectivity index (χ1) is 25.8. The van der Waals surface area contributed by atoms with Crippen LogP contribution in [0.25, 0.3) is 33.4 Å². The Bertz CT molecular complexity index is 2510. The topological polar surface area (TPSA) is 0 Å². The molecule has 0 bridgehead atoms. The maximum absolute atomic E-state index is 6.57. The van der Waals surface area contributed by atoms with Gasteiger partial charge in [0.15, 0.2) is 0 Å². The van der Waals surface area contributed by atoms with Gasteiger partial charge >= 0.3 is 331 Å². The van der Waals surface area contributed by atoms with Gasteiger partial charge in [0.25, 0.3) is 0 Å². The van der Waals surface area contributed by atoms with Gasteiger partial charge in [0.2, 0.25) is 0 Å². The molecule has 8 rings (SSSR count). The van der Waals surface area contributed by atoms with Crippen molar-refractivity contribution in [1.82, 2.24) is 0 Å². The number of allylic oxidation sites excluding steroid dienone is 4. The van der Waals surface area contributed by atoms with E-state index < -0.39 is 18.3 Å². The van der Waals surface area contributed by atoms with E-state index in [0.717, 1.165) is 22.0 Å². The van der Waals surface area contributed by atoms with Crippen molar-refractivity contribution < 1.29 is 18.3 Å². The fourth-order valence-corrected chi connectivity index (χ4v) is 26.1. The molecule has 0 radical (unpaired) electrons. The van der Waals surface area contributed by atoms with Crippen molar-refractivity contribution >= 4 is 47.2 Å². The first-order valence-corrected chi connectivity index (χ1v) is 27.0. The molecule has 0 atom stereocenters. The fourth-order valence-electron chi connectivity index (χ4n) is 9.60. The van der Waals surface area contributed by atoms with Gasteiger partial charge in [-0.1, -0.05) is 0 Å². The van der Waals surface area contributed by atoms with Crippen molar-refractivity contribution in [3.05, 3.63) is 188 Å². The quantitative estimate of drug-likeness (QED) is 0.150. The van der Waals surface area contributed by atoms with Gasteiger partial charge in [-0.25, -0.2) is 0 Å². The average molecular weight is 876 g/mol. The summed E-state index contributed by atoms with van der Waals surface area (Å²) in [6, 6.07) is 50.0. The molecule has 0 N–H and O–H groups in total. The molecule has 0 spiro atoms. The second-order valence-corrected chi connectivity index (χ2v) is 31.7. The molecule has 0 unspecified atom stereocenters. The van der Waals surface area contributed by atoms with Gasteiger partial charge < -0.3 is 0 Å². The Labute approximate surface area is 353 Å². The van der Waals surface area contributed by atoms with Gasteiger partial charge in [0, 0.05) is 0 Å². The summed E-state index contributed by atoms with van der Waals surface area (Å²) >= 11 is 1.58. The molecule has 0 aromatic heterocycles. The summed E-state index contributed by atoms with van der Waals surface area (Å²) in [5.41, 5.74) is 14.8. The third-order valence-corrected chi connectivity index (χ3v) is 28.7. The predicted molar refractivity (Wildman–Crippen MR) is 247 cm³/mol. The van der Waals surface area contributed by atoms with E-state index in [0.29, 0.717) is 0 Å². The van der Waals surface area contributed by atoms with Gasteiger partial charge in [-0.2, -0.15) is 0 Å². The number of hydrogen-bond donors (Lipinski definition) is 0. The molecule has 4 heteroatoms. The van der Waals surface area contributed by atoms with Crippen molar-refractivity contribution in [3.63, 3.8) is 0 Å². The first-order valence-electron chi connectivity index (χ1n) is 19.5. The molecule has 6 aromatic carbocycles. The van der Waals surface area contributed by atoms with Crippen molar-refractivity contribution in [2.45, 2.75) is 69.3 Å². The molecule has 0 fully saturated rings. The monoisotopic (exact) mass is 872 g/mol. The normalized spacial score (nSPS) is 13.7. The van der Waals surface area contributed by atoms with Gasteiger partial charge in [-0.3, -0.25) is 0 Å². The molecule has 0 nitrogen and oxygen atoms in total. The Kier molecular flexibility index (Phi) is 11.7. The van der Waals surface area contributed by atoms with Crippen LogP contribution >= 0.6 is 36.4 Å². The molecule has 56 heavy (non-hydrogen) atoms. The van der Waals surface area contributed by atoms with Gasteiger partial charge in [0.05, 0.1) is 0 Å². The second kappa shape index (κ2) is 15.6. The van der Waals surface area contributed by atoms with E-state index in [9.17, 15) is 0 Å². The number of fused-ring (bicyclic) bond motifs is 3. The standard InChI is InChI=1S/C33H33.C7H6Cl.C6H5.C5H5.CH2.2ClH.Zr/c1-32(2,3)30-20-26-24(18-28(30)22-13-9-7-10-14-22)17-25-19-29(23-15-11-8-12-16-23)31(21-27(25)26)33(4,5)6;1-6-2-4-7(8)5-3-6;1-2-4-6-5-3-1;1-2-4-5-3-1;;;;/h7-16,18,20-21H,17H2,1-6H3;2-5H,1H2;1-5H;1-3H,4H2;1H2;2*1H;. The SMILES string of the molecule is Cl.Cl.[CH2]=[Zr]([CH2]c1ccc(Cl)cc1)([C]1=CC=CC1)([c]1ccccc1)[c]1c2c(cc(C(C)(C)C)c1-c1ccccc1)-c1cc(C(C)(C)C)c(-c3ccccc3)cc1C2. The molecule has 0 amide bonds. The number of benzene rings is 6. The van der Waals surface area contributed by atoms with Crippen LogP contribution in [-0.4, -0.2) is 4.21 Å². The molecular formula is C52H53Cl3Zr. The fraction of sp³-hybridized carbons (Fsp3) is 0.212. The van der Waals surface area contributed by atoms with Crippen LogP contribution in [0, 0.1) is 0 Å². The number of halogens is 3. The minimum absolute atomic E-state index is 0. The van der Waals surface area contributed by atoms with Gasteiger partial charge in [-0.15, -0.1) is 24.8 Å². The van der Waals surface area contributed by atoms with Crippen LogP contribution in [0.1, 0.15) is 75.8 Å². The van der Waals surface area contributed by atoms with Crippen LogP contribution in [0.3, 0.4) is 0 Å². The summed E-state index contributed by atoms with van der Waals surface area (Å²) < 4.78 is 11.2. The zero-order chi connectivity index (χ0) is 37.9. The molecular weight excluding hydrogens is 822 g/mol. The van der Waals surface area contributed by atoms with Crippen molar-refractivity contribution in [2.75, 3.05) is 0 Å². The molecule has 0 saturated carbocycles. The van der Waals surface area contributed by atoms with E-state index in [2.05, 4.69) is 193 Å². The Balaban J connectivity index is 0.00000266. The second-order valence-electron chi connectivity index (χ2n) is 17.8. The Morgan fingerprint density at radius 2 is 1.18 bits per heavy atom. The predicted octanol–water partition coefficient (Wildman–Crippen LogP) is 13.8. The molecule has 6 aromatic rings. The third kappa shape index (κ3) is 7.13. The molecule has 0 aliphatic heterocycles. The summed E-state index contributed by atoms with van der Waals surface area (Å²) in [6.07, 6.45) is 8.87. The Morgan fingerprint density at radius 1 is 0.625 bits per heavy atom. The van der Waals surface area contributed by atoms with Crippen LogP contribution < -0.4 is 6.54 Å². The van der Waals surface area contributed by atoms with E-state index in [1.165, 1.54) is 71.0 Å². The van der Waals surface area contributed by atoms with Crippen LogP contribution in [0.15, 0.2) is 155 Å². The van der Waals surface area contributed by atoms with Crippen LogP contribution in [0.5, 0.6) is 0 Å². The summed E-state index contributed by atoms with van der Waals surface area (Å²) in [4.78, 5) is 0. The molecule has 0 saturated heterocycles. The van der Waals surface area contributed by atoms with Crippen LogP contribution in [0.2, 0.25) is 5.02 Å². The Morgan fingerprint density at radius 3 is 1.73 bits per heavy atom. The van der Waals surface area contributed by atoms with Crippen LogP contribution in [-0.2, 0) is 39.7 Å². The van der Waals surface area contributed by atoms with Gasteiger partial charge in [0.1, 0.15) is 0 Å². The molecule has 286 valence electrons. The summed E-state index contributed by atoms with van der Waals surface area (Å²) in [7, 11) is 0.